The molecule has 136 valence electrons. The van der Waals surface area contributed by atoms with Crippen LogP contribution in [-0.2, 0) is 6.54 Å². The second kappa shape index (κ2) is 7.32. The molecule has 0 saturated carbocycles. The molecule has 7 nitrogen and oxygen atoms in total. The smallest absolute Gasteiger partial charge is 0.256 e. The van der Waals surface area contributed by atoms with Crippen molar-refractivity contribution in [3.05, 3.63) is 70.7 Å². The standard InChI is InChI=1S/C19H17BrN6O/c1-13-2-4-14(5-3-13)17-6-7-21-18-16(11-24-26(17)18)19(27)22-8-9-25-12-15(20)10-23-25/h2-7,10-12H,8-9H2,1H3,(H,22,27). The molecule has 0 aliphatic carbocycles. The minimum atomic E-state index is -0.204. The van der Waals surface area contributed by atoms with E-state index in [0.717, 1.165) is 15.7 Å². The van der Waals surface area contributed by atoms with Gasteiger partial charge in [0, 0.05) is 24.5 Å². The zero-order chi connectivity index (χ0) is 18.8. The maximum Gasteiger partial charge on any atom is 0.256 e. The highest BCUT2D eigenvalue weighted by Gasteiger charge is 2.16. The van der Waals surface area contributed by atoms with Crippen molar-refractivity contribution >= 4 is 27.5 Å². The topological polar surface area (TPSA) is 77.1 Å². The number of carbonyl (C=O) groups is 1. The molecule has 4 rings (SSSR count). The molecule has 0 fully saturated rings. The van der Waals surface area contributed by atoms with E-state index in [4.69, 9.17) is 0 Å². The summed E-state index contributed by atoms with van der Waals surface area (Å²) in [7, 11) is 0. The Morgan fingerprint density at radius 3 is 2.70 bits per heavy atom. The first-order chi connectivity index (χ1) is 13.1. The lowest BCUT2D eigenvalue weighted by molar-refractivity contribution is 0.0953. The van der Waals surface area contributed by atoms with Crippen LogP contribution in [0, 0.1) is 6.92 Å². The Morgan fingerprint density at radius 2 is 1.96 bits per heavy atom. The molecular formula is C19H17BrN6O. The van der Waals surface area contributed by atoms with Crippen molar-refractivity contribution in [3.63, 3.8) is 0 Å². The molecular weight excluding hydrogens is 408 g/mol. The molecule has 1 amide bonds. The van der Waals surface area contributed by atoms with Gasteiger partial charge in [0.2, 0.25) is 0 Å². The normalized spacial score (nSPS) is 11.0. The third-order valence-corrected chi connectivity index (χ3v) is 4.63. The lowest BCUT2D eigenvalue weighted by atomic mass is 10.1. The minimum absolute atomic E-state index is 0.204. The second-order valence-corrected chi connectivity index (χ2v) is 7.08. The second-order valence-electron chi connectivity index (χ2n) is 6.17. The van der Waals surface area contributed by atoms with Crippen LogP contribution in [0.3, 0.4) is 0 Å². The van der Waals surface area contributed by atoms with Crippen molar-refractivity contribution < 1.29 is 4.79 Å². The summed E-state index contributed by atoms with van der Waals surface area (Å²) >= 11 is 3.35. The van der Waals surface area contributed by atoms with Crippen molar-refractivity contribution in [2.24, 2.45) is 0 Å². The highest BCUT2D eigenvalue weighted by Crippen LogP contribution is 2.21. The molecule has 0 aliphatic heterocycles. The maximum absolute atomic E-state index is 12.6. The Hall–Kier alpha value is -3.00. The first kappa shape index (κ1) is 17.4. The molecule has 0 aliphatic rings. The zero-order valence-corrected chi connectivity index (χ0v) is 16.2. The monoisotopic (exact) mass is 424 g/mol. The molecule has 4 aromatic rings. The molecule has 0 saturated heterocycles. The van der Waals surface area contributed by atoms with Crippen molar-refractivity contribution in [2.45, 2.75) is 13.5 Å². The van der Waals surface area contributed by atoms with Crippen LogP contribution in [-0.4, -0.2) is 36.8 Å². The molecule has 0 bridgehead atoms. The number of aromatic nitrogens is 5. The third kappa shape index (κ3) is 3.61. The summed E-state index contributed by atoms with van der Waals surface area (Å²) in [6.45, 7) is 3.09. The van der Waals surface area contributed by atoms with E-state index in [-0.39, 0.29) is 5.91 Å². The van der Waals surface area contributed by atoms with Gasteiger partial charge in [-0.1, -0.05) is 29.8 Å². The number of aryl methyl sites for hydroxylation is 1. The van der Waals surface area contributed by atoms with Crippen LogP contribution >= 0.6 is 15.9 Å². The number of fused-ring (bicyclic) bond motifs is 1. The van der Waals surface area contributed by atoms with Gasteiger partial charge in [0.15, 0.2) is 5.65 Å². The van der Waals surface area contributed by atoms with Gasteiger partial charge in [-0.2, -0.15) is 10.2 Å². The van der Waals surface area contributed by atoms with Crippen molar-refractivity contribution in [1.29, 1.82) is 0 Å². The fourth-order valence-corrected chi connectivity index (χ4v) is 3.16. The highest BCUT2D eigenvalue weighted by molar-refractivity contribution is 9.10. The average Bonchev–Trinajstić information content (AvgIpc) is 3.28. The largest absolute Gasteiger partial charge is 0.350 e. The number of hydrogen-bond acceptors (Lipinski definition) is 4. The molecule has 1 aromatic carbocycles. The van der Waals surface area contributed by atoms with Gasteiger partial charge in [0.1, 0.15) is 5.56 Å². The van der Waals surface area contributed by atoms with Crippen molar-refractivity contribution in [1.82, 2.24) is 29.7 Å². The molecule has 0 unspecified atom stereocenters. The van der Waals surface area contributed by atoms with E-state index < -0.39 is 0 Å². The maximum atomic E-state index is 12.6. The Bertz CT molecular complexity index is 1100. The van der Waals surface area contributed by atoms with Crippen LogP contribution in [0.5, 0.6) is 0 Å². The lowest BCUT2D eigenvalue weighted by Crippen LogP contribution is -2.27. The summed E-state index contributed by atoms with van der Waals surface area (Å²) < 4.78 is 4.36. The first-order valence-corrected chi connectivity index (χ1v) is 9.27. The van der Waals surface area contributed by atoms with Crippen LogP contribution < -0.4 is 5.32 Å². The van der Waals surface area contributed by atoms with Crippen LogP contribution in [0.4, 0.5) is 0 Å². The highest BCUT2D eigenvalue weighted by atomic mass is 79.9. The van der Waals surface area contributed by atoms with E-state index in [1.165, 1.54) is 5.56 Å². The number of amides is 1. The van der Waals surface area contributed by atoms with E-state index in [1.807, 2.05) is 43.5 Å². The van der Waals surface area contributed by atoms with Gasteiger partial charge in [0.05, 0.1) is 29.1 Å². The number of hydrogen-bond donors (Lipinski definition) is 1. The van der Waals surface area contributed by atoms with Gasteiger partial charge >= 0.3 is 0 Å². The number of nitrogens with zero attached hydrogens (tertiary/aromatic N) is 5. The van der Waals surface area contributed by atoms with Crippen molar-refractivity contribution in [2.75, 3.05) is 6.54 Å². The van der Waals surface area contributed by atoms with Gasteiger partial charge < -0.3 is 5.32 Å². The van der Waals surface area contributed by atoms with Gasteiger partial charge in [-0.3, -0.25) is 9.48 Å². The van der Waals surface area contributed by atoms with E-state index in [9.17, 15) is 4.79 Å². The predicted octanol–water partition coefficient (Wildman–Crippen LogP) is 3.09. The van der Waals surface area contributed by atoms with Crippen LogP contribution in [0.15, 0.2) is 59.6 Å². The number of carbonyl (C=O) groups excluding carboxylic acids is 1. The summed E-state index contributed by atoms with van der Waals surface area (Å²) in [5.41, 5.74) is 4.08. The fourth-order valence-electron chi connectivity index (χ4n) is 2.83. The summed E-state index contributed by atoms with van der Waals surface area (Å²) in [6.07, 6.45) is 6.82. The van der Waals surface area contributed by atoms with E-state index in [2.05, 4.69) is 36.4 Å². The number of nitrogens with one attached hydrogen (secondary N) is 1. The SMILES string of the molecule is Cc1ccc(-c2ccnc3c(C(=O)NCCn4cc(Br)cn4)cnn23)cc1. The third-order valence-electron chi connectivity index (χ3n) is 4.22. The van der Waals surface area contributed by atoms with E-state index in [1.54, 1.807) is 27.8 Å². The van der Waals surface area contributed by atoms with Crippen LogP contribution in [0.2, 0.25) is 0 Å². The minimum Gasteiger partial charge on any atom is -0.350 e. The van der Waals surface area contributed by atoms with Crippen LogP contribution in [0.1, 0.15) is 15.9 Å². The number of benzene rings is 1. The molecule has 3 heterocycles. The Morgan fingerprint density at radius 1 is 1.15 bits per heavy atom. The molecule has 3 aromatic heterocycles. The zero-order valence-electron chi connectivity index (χ0n) is 14.6. The molecule has 0 spiro atoms. The summed E-state index contributed by atoms with van der Waals surface area (Å²) in [4.78, 5) is 16.9. The predicted molar refractivity (Wildman–Crippen MR) is 105 cm³/mol. The van der Waals surface area contributed by atoms with Crippen LogP contribution in [0.25, 0.3) is 16.9 Å². The first-order valence-electron chi connectivity index (χ1n) is 8.48. The van der Waals surface area contributed by atoms with Gasteiger partial charge in [-0.25, -0.2) is 9.50 Å². The molecule has 0 atom stereocenters. The van der Waals surface area contributed by atoms with Gasteiger partial charge in [-0.15, -0.1) is 0 Å². The number of rotatable bonds is 5. The average molecular weight is 425 g/mol. The Labute approximate surface area is 164 Å². The quantitative estimate of drug-likeness (QED) is 0.533. The molecule has 1 N–H and O–H groups in total. The number of halogens is 1. The van der Waals surface area contributed by atoms with E-state index in [0.29, 0.717) is 24.3 Å². The van der Waals surface area contributed by atoms with Gasteiger partial charge in [-0.05, 0) is 28.9 Å². The van der Waals surface area contributed by atoms with E-state index >= 15 is 0 Å². The summed E-state index contributed by atoms with van der Waals surface area (Å²) in [5.74, 6) is -0.204. The summed E-state index contributed by atoms with van der Waals surface area (Å²) in [5, 5.41) is 11.4. The Kier molecular flexibility index (Phi) is 4.72. The summed E-state index contributed by atoms with van der Waals surface area (Å²) in [6, 6.07) is 10.1. The fraction of sp³-hybridized carbons (Fsp3) is 0.158. The van der Waals surface area contributed by atoms with Crippen molar-refractivity contribution in [3.8, 4) is 11.3 Å². The Balaban J connectivity index is 1.55. The van der Waals surface area contributed by atoms with Gasteiger partial charge in [0.25, 0.3) is 5.91 Å². The molecule has 8 heteroatoms. The molecule has 0 radical (unpaired) electrons. The molecule has 27 heavy (non-hydrogen) atoms. The lowest BCUT2D eigenvalue weighted by Gasteiger charge is -2.06.